The first-order chi connectivity index (χ1) is 9.78. The zero-order valence-corrected chi connectivity index (χ0v) is 12.2. The number of ether oxygens (including phenoxy) is 3. The van der Waals surface area contributed by atoms with Gasteiger partial charge in [-0.05, 0) is 30.7 Å². The van der Waals surface area contributed by atoms with Gasteiger partial charge in [0.25, 0.3) is 0 Å². The van der Waals surface area contributed by atoms with Crippen molar-refractivity contribution in [3.8, 4) is 5.75 Å². The summed E-state index contributed by atoms with van der Waals surface area (Å²) in [6.07, 6.45) is 1.36. The van der Waals surface area contributed by atoms with E-state index < -0.39 is 0 Å². The van der Waals surface area contributed by atoms with E-state index in [0.717, 1.165) is 18.7 Å². The minimum atomic E-state index is 0.0847. The number of rotatable bonds is 4. The number of nitrogens with one attached hydrogen (secondary N) is 1. The van der Waals surface area contributed by atoms with E-state index in [2.05, 4.69) is 37.4 Å². The Morgan fingerprint density at radius 1 is 1.35 bits per heavy atom. The maximum absolute atomic E-state index is 5.87. The third-order valence-electron chi connectivity index (χ3n) is 3.92. The molecule has 0 spiro atoms. The van der Waals surface area contributed by atoms with Crippen LogP contribution in [0, 0.1) is 0 Å². The maximum Gasteiger partial charge on any atom is 0.123 e. The van der Waals surface area contributed by atoms with E-state index >= 15 is 0 Å². The molecule has 0 radical (unpaired) electrons. The van der Waals surface area contributed by atoms with Crippen LogP contribution < -0.4 is 10.1 Å². The molecule has 2 aliphatic heterocycles. The highest BCUT2D eigenvalue weighted by Gasteiger charge is 2.28. The Kier molecular flexibility index (Phi) is 4.24. The highest BCUT2D eigenvalue weighted by Crippen LogP contribution is 2.32. The maximum atomic E-state index is 5.87. The molecule has 110 valence electrons. The van der Waals surface area contributed by atoms with Crippen molar-refractivity contribution in [1.29, 1.82) is 0 Å². The van der Waals surface area contributed by atoms with Gasteiger partial charge in [0.15, 0.2) is 0 Å². The van der Waals surface area contributed by atoms with Gasteiger partial charge in [-0.2, -0.15) is 0 Å². The summed E-state index contributed by atoms with van der Waals surface area (Å²) in [6, 6.07) is 6.66. The molecule has 3 unspecified atom stereocenters. The second-order valence-electron chi connectivity index (χ2n) is 5.52. The van der Waals surface area contributed by atoms with Gasteiger partial charge < -0.3 is 19.5 Å². The molecule has 2 aliphatic rings. The Labute approximate surface area is 120 Å². The summed E-state index contributed by atoms with van der Waals surface area (Å²) in [5.41, 5.74) is 2.56. The fourth-order valence-electron chi connectivity index (χ4n) is 3.02. The Morgan fingerprint density at radius 3 is 3.00 bits per heavy atom. The molecule has 20 heavy (non-hydrogen) atoms. The monoisotopic (exact) mass is 277 g/mol. The zero-order valence-electron chi connectivity index (χ0n) is 12.2. The molecule has 0 aromatic heterocycles. The molecule has 0 bridgehead atoms. The summed E-state index contributed by atoms with van der Waals surface area (Å²) in [5, 5.41) is 3.53. The zero-order chi connectivity index (χ0) is 13.9. The van der Waals surface area contributed by atoms with E-state index in [-0.39, 0.29) is 18.2 Å². The van der Waals surface area contributed by atoms with Gasteiger partial charge in [-0.1, -0.05) is 19.1 Å². The van der Waals surface area contributed by atoms with Crippen molar-refractivity contribution < 1.29 is 14.2 Å². The third-order valence-corrected chi connectivity index (χ3v) is 3.92. The highest BCUT2D eigenvalue weighted by molar-refractivity contribution is 5.41. The predicted molar refractivity (Wildman–Crippen MR) is 77.2 cm³/mol. The number of likely N-dealkylation sites (N-methyl/N-ethyl adjacent to an activating group) is 1. The smallest absolute Gasteiger partial charge is 0.123 e. The molecule has 1 aromatic carbocycles. The molecular formula is C16H23NO3. The van der Waals surface area contributed by atoms with Crippen LogP contribution in [0.3, 0.4) is 0 Å². The standard InChI is InChI=1S/C16H23NO3/c1-3-17-16(15-10-18-6-7-19-15)12-4-5-14-13(9-12)8-11(2)20-14/h4-5,9,11,15-17H,3,6-8,10H2,1-2H3. The summed E-state index contributed by atoms with van der Waals surface area (Å²) in [6.45, 7) is 7.17. The lowest BCUT2D eigenvalue weighted by Gasteiger charge is -2.31. The fraction of sp³-hybridized carbons (Fsp3) is 0.625. The van der Waals surface area contributed by atoms with E-state index in [0.29, 0.717) is 19.8 Å². The van der Waals surface area contributed by atoms with Crippen molar-refractivity contribution in [2.45, 2.75) is 38.5 Å². The lowest BCUT2D eigenvalue weighted by molar-refractivity contribution is -0.102. The largest absolute Gasteiger partial charge is 0.490 e. The molecular weight excluding hydrogens is 254 g/mol. The summed E-state index contributed by atoms with van der Waals surface area (Å²) in [7, 11) is 0. The number of fused-ring (bicyclic) bond motifs is 1. The molecule has 1 fully saturated rings. The lowest BCUT2D eigenvalue weighted by Crippen LogP contribution is -2.40. The second-order valence-corrected chi connectivity index (χ2v) is 5.52. The van der Waals surface area contributed by atoms with Gasteiger partial charge in [0, 0.05) is 6.42 Å². The minimum absolute atomic E-state index is 0.0847. The topological polar surface area (TPSA) is 39.7 Å². The van der Waals surface area contributed by atoms with Crippen molar-refractivity contribution in [2.75, 3.05) is 26.4 Å². The van der Waals surface area contributed by atoms with Crippen LogP contribution >= 0.6 is 0 Å². The van der Waals surface area contributed by atoms with Crippen LogP contribution in [0.4, 0.5) is 0 Å². The summed E-state index contributed by atoms with van der Waals surface area (Å²) in [5.74, 6) is 1.03. The Balaban J connectivity index is 1.82. The van der Waals surface area contributed by atoms with E-state index in [4.69, 9.17) is 14.2 Å². The van der Waals surface area contributed by atoms with Gasteiger partial charge in [0.05, 0.1) is 25.9 Å². The Hall–Kier alpha value is -1.10. The van der Waals surface area contributed by atoms with E-state index in [1.807, 2.05) is 0 Å². The normalized spacial score (nSPS) is 26.9. The average molecular weight is 277 g/mol. The van der Waals surface area contributed by atoms with Crippen LogP contribution in [-0.2, 0) is 15.9 Å². The molecule has 1 N–H and O–H groups in total. The van der Waals surface area contributed by atoms with Crippen LogP contribution in [-0.4, -0.2) is 38.6 Å². The quantitative estimate of drug-likeness (QED) is 0.914. The third kappa shape index (κ3) is 2.82. The van der Waals surface area contributed by atoms with Gasteiger partial charge in [0.1, 0.15) is 18.0 Å². The Bertz CT molecular complexity index is 457. The first-order valence-corrected chi connectivity index (χ1v) is 7.50. The molecule has 4 nitrogen and oxygen atoms in total. The molecule has 1 aromatic rings. The first kappa shape index (κ1) is 13.9. The number of benzene rings is 1. The Morgan fingerprint density at radius 2 is 2.25 bits per heavy atom. The molecule has 2 heterocycles. The van der Waals surface area contributed by atoms with Crippen molar-refractivity contribution in [3.05, 3.63) is 29.3 Å². The fourth-order valence-corrected chi connectivity index (χ4v) is 3.02. The SMILES string of the molecule is CCNC(c1ccc2c(c1)CC(C)O2)C1COCCO1. The summed E-state index contributed by atoms with van der Waals surface area (Å²) >= 11 is 0. The minimum Gasteiger partial charge on any atom is -0.490 e. The van der Waals surface area contributed by atoms with E-state index in [1.54, 1.807) is 0 Å². The second kappa shape index (κ2) is 6.12. The van der Waals surface area contributed by atoms with Crippen LogP contribution in [0.25, 0.3) is 0 Å². The molecule has 3 atom stereocenters. The van der Waals surface area contributed by atoms with Crippen LogP contribution in [0.1, 0.15) is 31.0 Å². The summed E-state index contributed by atoms with van der Waals surface area (Å²) < 4.78 is 17.2. The van der Waals surface area contributed by atoms with Crippen molar-refractivity contribution in [1.82, 2.24) is 5.32 Å². The molecule has 3 rings (SSSR count). The van der Waals surface area contributed by atoms with Crippen molar-refractivity contribution in [2.24, 2.45) is 0 Å². The van der Waals surface area contributed by atoms with Gasteiger partial charge in [-0.15, -0.1) is 0 Å². The van der Waals surface area contributed by atoms with Crippen LogP contribution in [0.2, 0.25) is 0 Å². The number of hydrogen-bond acceptors (Lipinski definition) is 4. The molecule has 0 amide bonds. The lowest BCUT2D eigenvalue weighted by atomic mass is 9.97. The van der Waals surface area contributed by atoms with E-state index in [1.165, 1.54) is 11.1 Å². The average Bonchev–Trinajstić information content (AvgIpc) is 2.84. The number of hydrogen-bond donors (Lipinski definition) is 1. The molecule has 4 heteroatoms. The van der Waals surface area contributed by atoms with Crippen LogP contribution in [0.15, 0.2) is 18.2 Å². The van der Waals surface area contributed by atoms with Gasteiger partial charge >= 0.3 is 0 Å². The van der Waals surface area contributed by atoms with E-state index in [9.17, 15) is 0 Å². The first-order valence-electron chi connectivity index (χ1n) is 7.50. The van der Waals surface area contributed by atoms with Crippen molar-refractivity contribution in [3.63, 3.8) is 0 Å². The van der Waals surface area contributed by atoms with Gasteiger partial charge in [-0.25, -0.2) is 0 Å². The van der Waals surface area contributed by atoms with Gasteiger partial charge in [0.2, 0.25) is 0 Å². The molecule has 0 aliphatic carbocycles. The predicted octanol–water partition coefficient (Wildman–Crippen LogP) is 2.08. The highest BCUT2D eigenvalue weighted by atomic mass is 16.6. The van der Waals surface area contributed by atoms with Gasteiger partial charge in [-0.3, -0.25) is 0 Å². The van der Waals surface area contributed by atoms with Crippen LogP contribution in [0.5, 0.6) is 5.75 Å². The molecule has 1 saturated heterocycles. The summed E-state index contributed by atoms with van der Waals surface area (Å²) in [4.78, 5) is 0. The molecule has 0 saturated carbocycles. The van der Waals surface area contributed by atoms with Crippen molar-refractivity contribution >= 4 is 0 Å².